The molecule has 2 N–H and O–H groups in total. The fourth-order valence-electron chi connectivity index (χ4n) is 2.52. The maximum atomic E-state index is 11.7. The molecule has 0 radical (unpaired) electrons. The van der Waals surface area contributed by atoms with Crippen LogP contribution < -0.4 is 9.47 Å². The second kappa shape index (κ2) is 8.24. The molecular formula is C19H22O5. The molecule has 0 saturated heterocycles. The van der Waals surface area contributed by atoms with Gasteiger partial charge in [-0.15, -0.1) is 0 Å². The smallest absolute Gasteiger partial charge is 0.311 e. The molecule has 0 aliphatic heterocycles. The molecule has 0 fully saturated rings. The van der Waals surface area contributed by atoms with Crippen LogP contribution >= 0.6 is 0 Å². The fraction of sp³-hybridized carbons (Fsp3) is 0.316. The number of hydrogen-bond acceptors (Lipinski definition) is 4. The van der Waals surface area contributed by atoms with Crippen molar-refractivity contribution in [2.24, 2.45) is 0 Å². The maximum Gasteiger partial charge on any atom is 0.311 e. The molecule has 2 aromatic carbocycles. The van der Waals surface area contributed by atoms with E-state index in [-0.39, 0.29) is 5.75 Å². The molecule has 5 heteroatoms. The quantitative estimate of drug-likeness (QED) is 0.773. The summed E-state index contributed by atoms with van der Waals surface area (Å²) >= 11 is 0. The second-order valence-electron chi connectivity index (χ2n) is 5.32. The van der Waals surface area contributed by atoms with E-state index in [4.69, 9.17) is 9.47 Å². The molecular weight excluding hydrogens is 308 g/mol. The van der Waals surface area contributed by atoms with Gasteiger partial charge in [-0.05, 0) is 49.6 Å². The Labute approximate surface area is 141 Å². The van der Waals surface area contributed by atoms with E-state index in [0.29, 0.717) is 36.7 Å². The van der Waals surface area contributed by atoms with Crippen molar-refractivity contribution in [1.82, 2.24) is 0 Å². The zero-order valence-corrected chi connectivity index (χ0v) is 13.9. The highest BCUT2D eigenvalue weighted by molar-refractivity contribution is 5.76. The molecule has 0 heterocycles. The summed E-state index contributed by atoms with van der Waals surface area (Å²) in [4.78, 5) is 11.7. The minimum absolute atomic E-state index is 0.110. The summed E-state index contributed by atoms with van der Waals surface area (Å²) in [5.74, 6) is -0.201. The summed E-state index contributed by atoms with van der Waals surface area (Å²) in [6, 6.07) is 11.7. The number of rotatable bonds is 8. The zero-order valence-electron chi connectivity index (χ0n) is 13.9. The van der Waals surface area contributed by atoms with Crippen molar-refractivity contribution in [2.75, 3.05) is 13.2 Å². The van der Waals surface area contributed by atoms with Crippen molar-refractivity contribution in [1.29, 1.82) is 0 Å². The lowest BCUT2D eigenvalue weighted by molar-refractivity contribution is -0.138. The number of benzene rings is 2. The second-order valence-corrected chi connectivity index (χ2v) is 5.32. The third-order valence-corrected chi connectivity index (χ3v) is 3.67. The first kappa shape index (κ1) is 17.7. The Balaban J connectivity index is 2.31. The van der Waals surface area contributed by atoms with Crippen LogP contribution in [-0.4, -0.2) is 29.4 Å². The molecule has 0 aromatic heterocycles. The van der Waals surface area contributed by atoms with Gasteiger partial charge in [-0.1, -0.05) is 18.2 Å². The zero-order chi connectivity index (χ0) is 17.5. The lowest BCUT2D eigenvalue weighted by atomic mass is 9.91. The van der Waals surface area contributed by atoms with Crippen molar-refractivity contribution in [3.63, 3.8) is 0 Å². The molecule has 0 saturated carbocycles. The summed E-state index contributed by atoms with van der Waals surface area (Å²) in [5, 5.41) is 19.0. The van der Waals surface area contributed by atoms with Gasteiger partial charge in [0.15, 0.2) is 0 Å². The number of phenolic OH excluding ortho intramolecular Hbond substituents is 1. The predicted molar refractivity (Wildman–Crippen MR) is 91.0 cm³/mol. The van der Waals surface area contributed by atoms with Gasteiger partial charge in [-0.3, -0.25) is 4.79 Å². The number of aliphatic carboxylic acids is 1. The lowest BCUT2D eigenvalue weighted by Gasteiger charge is -2.17. The van der Waals surface area contributed by atoms with E-state index in [0.717, 1.165) is 5.56 Å². The van der Waals surface area contributed by atoms with Crippen molar-refractivity contribution in [2.45, 2.75) is 26.2 Å². The molecule has 5 nitrogen and oxygen atoms in total. The average Bonchev–Trinajstić information content (AvgIpc) is 2.55. The normalized spacial score (nSPS) is 11.8. The van der Waals surface area contributed by atoms with Crippen LogP contribution in [0, 0.1) is 0 Å². The van der Waals surface area contributed by atoms with Crippen LogP contribution in [-0.2, 0) is 11.2 Å². The number of ether oxygens (including phenoxy) is 2. The van der Waals surface area contributed by atoms with Crippen LogP contribution in [0.3, 0.4) is 0 Å². The van der Waals surface area contributed by atoms with Crippen LogP contribution in [0.4, 0.5) is 0 Å². The largest absolute Gasteiger partial charge is 0.508 e. The highest BCUT2D eigenvalue weighted by Crippen LogP contribution is 2.31. The van der Waals surface area contributed by atoms with Crippen molar-refractivity contribution in [3.05, 3.63) is 53.6 Å². The highest BCUT2D eigenvalue weighted by Gasteiger charge is 2.22. The predicted octanol–water partition coefficient (Wildman–Crippen LogP) is 3.60. The van der Waals surface area contributed by atoms with Gasteiger partial charge < -0.3 is 19.7 Å². The molecule has 2 rings (SSSR count). The average molecular weight is 330 g/mol. The molecule has 0 aliphatic carbocycles. The van der Waals surface area contributed by atoms with E-state index in [2.05, 4.69) is 0 Å². The fourth-order valence-corrected chi connectivity index (χ4v) is 2.52. The number of aromatic hydroxyl groups is 1. The van der Waals surface area contributed by atoms with Gasteiger partial charge in [0.1, 0.15) is 17.2 Å². The van der Waals surface area contributed by atoms with Gasteiger partial charge in [0.2, 0.25) is 0 Å². The van der Waals surface area contributed by atoms with Gasteiger partial charge >= 0.3 is 5.97 Å². The van der Waals surface area contributed by atoms with E-state index < -0.39 is 11.9 Å². The summed E-state index contributed by atoms with van der Waals surface area (Å²) in [6.45, 7) is 4.82. The first-order valence-corrected chi connectivity index (χ1v) is 7.95. The minimum atomic E-state index is -0.919. The third-order valence-electron chi connectivity index (χ3n) is 3.67. The van der Waals surface area contributed by atoms with Crippen LogP contribution in [0.2, 0.25) is 0 Å². The van der Waals surface area contributed by atoms with Crippen LogP contribution in [0.25, 0.3) is 0 Å². The molecule has 1 atom stereocenters. The van der Waals surface area contributed by atoms with E-state index in [1.807, 2.05) is 26.0 Å². The van der Waals surface area contributed by atoms with Crippen molar-refractivity contribution in [3.8, 4) is 17.2 Å². The number of carboxylic acids is 1. The Hall–Kier alpha value is -2.69. The van der Waals surface area contributed by atoms with Gasteiger partial charge in [0.25, 0.3) is 0 Å². The van der Waals surface area contributed by atoms with Crippen molar-refractivity contribution < 1.29 is 24.5 Å². The summed E-state index contributed by atoms with van der Waals surface area (Å²) < 4.78 is 11.1. The van der Waals surface area contributed by atoms with E-state index in [1.165, 1.54) is 12.1 Å². The Morgan fingerprint density at radius 1 is 1.04 bits per heavy atom. The van der Waals surface area contributed by atoms with Gasteiger partial charge in [0.05, 0.1) is 19.1 Å². The summed E-state index contributed by atoms with van der Waals surface area (Å²) in [7, 11) is 0. The maximum absolute atomic E-state index is 11.7. The van der Waals surface area contributed by atoms with Gasteiger partial charge in [-0.25, -0.2) is 0 Å². The van der Waals surface area contributed by atoms with Crippen LogP contribution in [0.15, 0.2) is 42.5 Å². The Bertz CT molecular complexity index is 679. The Kier molecular flexibility index (Phi) is 6.07. The van der Waals surface area contributed by atoms with E-state index >= 15 is 0 Å². The molecule has 1 unspecified atom stereocenters. The van der Waals surface area contributed by atoms with Gasteiger partial charge in [0, 0.05) is 6.07 Å². The van der Waals surface area contributed by atoms with Crippen molar-refractivity contribution >= 4 is 5.97 Å². The Morgan fingerprint density at radius 3 is 2.29 bits per heavy atom. The standard InChI is InChI=1S/C19H22O5/c1-3-23-16-10-7-14(18(12-16)24-4-2)11-17(19(21)22)13-5-8-15(20)9-6-13/h5-10,12,17,20H,3-4,11H2,1-2H3,(H,21,22). The Morgan fingerprint density at radius 2 is 1.71 bits per heavy atom. The molecule has 0 aliphatic rings. The first-order chi connectivity index (χ1) is 11.5. The molecule has 0 bridgehead atoms. The van der Waals surface area contributed by atoms with Crippen LogP contribution in [0.1, 0.15) is 30.9 Å². The number of carbonyl (C=O) groups is 1. The molecule has 0 spiro atoms. The van der Waals surface area contributed by atoms with E-state index in [9.17, 15) is 15.0 Å². The molecule has 0 amide bonds. The third kappa shape index (κ3) is 4.41. The monoisotopic (exact) mass is 330 g/mol. The molecule has 2 aromatic rings. The summed E-state index contributed by atoms with van der Waals surface area (Å²) in [6.07, 6.45) is 0.293. The SMILES string of the molecule is CCOc1ccc(CC(C(=O)O)c2ccc(O)cc2)c(OCC)c1. The lowest BCUT2D eigenvalue weighted by Crippen LogP contribution is -2.15. The molecule has 128 valence electrons. The number of carboxylic acid groups (broad SMARTS) is 1. The number of hydrogen-bond donors (Lipinski definition) is 2. The first-order valence-electron chi connectivity index (χ1n) is 7.95. The van der Waals surface area contributed by atoms with Crippen LogP contribution in [0.5, 0.6) is 17.2 Å². The molecule has 24 heavy (non-hydrogen) atoms. The van der Waals surface area contributed by atoms with E-state index in [1.54, 1.807) is 18.2 Å². The highest BCUT2D eigenvalue weighted by atomic mass is 16.5. The minimum Gasteiger partial charge on any atom is -0.508 e. The number of phenols is 1. The summed E-state index contributed by atoms with van der Waals surface area (Å²) in [5.41, 5.74) is 1.44. The topological polar surface area (TPSA) is 76.0 Å². The van der Waals surface area contributed by atoms with Gasteiger partial charge in [-0.2, -0.15) is 0 Å².